The molecule has 0 aliphatic rings. The summed E-state index contributed by atoms with van der Waals surface area (Å²) in [4.78, 5) is 22.3. The number of hydrogen-bond donors (Lipinski definition) is 1. The Morgan fingerprint density at radius 2 is 2.20 bits per heavy atom. The van der Waals surface area contributed by atoms with Crippen molar-refractivity contribution in [2.75, 3.05) is 0 Å². The maximum atomic E-state index is 13.7. The monoisotopic (exact) mass is 349 g/mol. The number of halogens is 1. The minimum atomic E-state index is -1.04. The summed E-state index contributed by atoms with van der Waals surface area (Å²) in [6.45, 7) is 3.02. The van der Waals surface area contributed by atoms with Crippen LogP contribution in [0, 0.1) is 23.0 Å². The molecule has 25 heavy (non-hydrogen) atoms. The molecule has 1 heterocycles. The molecule has 0 saturated heterocycles. The molecule has 0 aliphatic heterocycles. The Morgan fingerprint density at radius 1 is 1.52 bits per heavy atom. The molecule has 0 saturated carbocycles. The van der Waals surface area contributed by atoms with Crippen LogP contribution < -0.4 is 10.2 Å². The van der Waals surface area contributed by atoms with Crippen LogP contribution in [0.4, 0.5) is 10.1 Å². The molecule has 2 rings (SSSR count). The molecule has 1 aromatic carbocycles. The number of nitro groups is 1. The maximum absolute atomic E-state index is 13.7. The number of benzene rings is 1. The molecule has 0 bridgehead atoms. The first-order chi connectivity index (χ1) is 11.8. The molecule has 0 spiro atoms. The van der Waals surface area contributed by atoms with E-state index in [1.165, 1.54) is 32.2 Å². The number of hydrogen-bond acceptors (Lipinski definition) is 6. The first-order valence-corrected chi connectivity index (χ1v) is 7.23. The smallest absolute Gasteiger partial charge is 0.310 e. The van der Waals surface area contributed by atoms with Crippen LogP contribution in [0.3, 0.4) is 0 Å². The van der Waals surface area contributed by atoms with E-state index in [-0.39, 0.29) is 17.0 Å². The lowest BCUT2D eigenvalue weighted by Crippen LogP contribution is -2.33. The van der Waals surface area contributed by atoms with Crippen molar-refractivity contribution in [3.8, 4) is 5.75 Å². The first kappa shape index (κ1) is 18.0. The van der Waals surface area contributed by atoms with Crippen LogP contribution in [0.5, 0.6) is 5.75 Å². The molecule has 132 valence electrons. The number of carbonyl (C=O) groups is 1. The van der Waals surface area contributed by atoms with E-state index in [1.807, 2.05) is 0 Å². The second kappa shape index (κ2) is 7.51. The van der Waals surface area contributed by atoms with Gasteiger partial charge in [0.05, 0.1) is 22.4 Å². The maximum Gasteiger partial charge on any atom is 0.310 e. The lowest BCUT2D eigenvalue weighted by atomic mass is 10.3. The molecular weight excluding hydrogens is 333 g/mol. The fourth-order valence-electron chi connectivity index (χ4n) is 2.00. The van der Waals surface area contributed by atoms with Crippen molar-refractivity contribution < 1.29 is 18.8 Å². The predicted molar refractivity (Wildman–Crippen MR) is 86.8 cm³/mol. The Labute approximate surface area is 142 Å². The average molecular weight is 349 g/mol. The van der Waals surface area contributed by atoms with Gasteiger partial charge in [-0.05, 0) is 19.9 Å². The number of carbonyl (C=O) groups excluding carboxylic acids is 1. The minimum Gasteiger partial charge on any atom is -0.474 e. The molecule has 1 amide bonds. The average Bonchev–Trinajstić information content (AvgIpc) is 2.81. The third-order valence-corrected chi connectivity index (χ3v) is 3.30. The van der Waals surface area contributed by atoms with E-state index in [4.69, 9.17) is 4.74 Å². The van der Waals surface area contributed by atoms with Gasteiger partial charge in [-0.3, -0.25) is 14.9 Å². The van der Waals surface area contributed by atoms with Gasteiger partial charge < -0.3 is 4.74 Å². The zero-order valence-corrected chi connectivity index (χ0v) is 13.8. The highest BCUT2D eigenvalue weighted by Crippen LogP contribution is 2.26. The van der Waals surface area contributed by atoms with Gasteiger partial charge in [-0.25, -0.2) is 10.1 Å². The Hall–Kier alpha value is -3.30. The summed E-state index contributed by atoms with van der Waals surface area (Å²) in [5.41, 5.74) is 2.51. The zero-order chi connectivity index (χ0) is 18.6. The molecule has 0 radical (unpaired) electrons. The summed E-state index contributed by atoms with van der Waals surface area (Å²) in [6, 6.07) is 5.70. The van der Waals surface area contributed by atoms with Crippen LogP contribution in [0.15, 0.2) is 29.4 Å². The van der Waals surface area contributed by atoms with E-state index in [0.29, 0.717) is 5.69 Å². The molecule has 1 atom stereocenters. The summed E-state index contributed by atoms with van der Waals surface area (Å²) in [7, 11) is 1.45. The van der Waals surface area contributed by atoms with E-state index in [1.54, 1.807) is 13.0 Å². The normalized spacial score (nSPS) is 12.2. The fourth-order valence-corrected chi connectivity index (χ4v) is 2.00. The highest BCUT2D eigenvalue weighted by molar-refractivity contribution is 5.85. The van der Waals surface area contributed by atoms with E-state index in [0.717, 1.165) is 10.9 Å². The number of nitro benzene ring substituents is 1. The van der Waals surface area contributed by atoms with Crippen molar-refractivity contribution in [3.63, 3.8) is 0 Å². The molecule has 0 fully saturated rings. The molecule has 10 heteroatoms. The van der Waals surface area contributed by atoms with Crippen LogP contribution in [-0.2, 0) is 11.8 Å². The highest BCUT2D eigenvalue weighted by atomic mass is 19.1. The van der Waals surface area contributed by atoms with Crippen molar-refractivity contribution in [3.05, 3.63) is 51.6 Å². The topological polar surface area (TPSA) is 112 Å². The number of nitrogens with zero attached hydrogens (tertiary/aromatic N) is 4. The van der Waals surface area contributed by atoms with E-state index in [9.17, 15) is 19.3 Å². The van der Waals surface area contributed by atoms with Gasteiger partial charge in [0, 0.05) is 13.1 Å². The fraction of sp³-hybridized carbons (Fsp3) is 0.267. The van der Waals surface area contributed by atoms with Gasteiger partial charge in [-0.1, -0.05) is 12.1 Å². The Balaban J connectivity index is 2.01. The molecule has 2 aromatic rings. The third-order valence-electron chi connectivity index (χ3n) is 3.30. The summed E-state index contributed by atoms with van der Waals surface area (Å²) in [5, 5.41) is 18.5. The second-order valence-corrected chi connectivity index (χ2v) is 5.13. The van der Waals surface area contributed by atoms with Gasteiger partial charge in [0.25, 0.3) is 5.91 Å². The number of nitrogens with one attached hydrogen (secondary N) is 1. The summed E-state index contributed by atoms with van der Waals surface area (Å²) >= 11 is 0. The molecule has 1 aromatic heterocycles. The predicted octanol–water partition coefficient (Wildman–Crippen LogP) is 1.69. The highest BCUT2D eigenvalue weighted by Gasteiger charge is 2.20. The lowest BCUT2D eigenvalue weighted by molar-refractivity contribution is -0.386. The van der Waals surface area contributed by atoms with Crippen molar-refractivity contribution in [2.24, 2.45) is 12.1 Å². The van der Waals surface area contributed by atoms with Crippen molar-refractivity contribution in [1.82, 2.24) is 15.2 Å². The van der Waals surface area contributed by atoms with Crippen LogP contribution in [0.1, 0.15) is 18.2 Å². The Morgan fingerprint density at radius 3 is 2.80 bits per heavy atom. The molecule has 9 nitrogen and oxygen atoms in total. The van der Waals surface area contributed by atoms with Gasteiger partial charge >= 0.3 is 5.69 Å². The SMILES string of the molecule is Cc1nn(C)c(F)c1/C=N\NC(=O)[C@H](C)Oc1ccccc1[N+](=O)[O-]. The number of para-hydroxylation sites is 2. The van der Waals surface area contributed by atoms with Crippen molar-refractivity contribution in [1.29, 1.82) is 0 Å². The standard InChI is InChI=1S/C15H16FN5O4/c1-9-11(14(16)20(3)19-9)8-17-18-15(22)10(2)25-13-7-5-4-6-12(13)21(23)24/h4-8,10H,1-3H3,(H,18,22)/b17-8-/t10-/m0/s1. The number of aromatic nitrogens is 2. The largest absolute Gasteiger partial charge is 0.474 e. The number of ether oxygens (including phenoxy) is 1. The Kier molecular flexibility index (Phi) is 5.42. The summed E-state index contributed by atoms with van der Waals surface area (Å²) < 4.78 is 20.1. The van der Waals surface area contributed by atoms with Gasteiger partial charge in [-0.15, -0.1) is 0 Å². The minimum absolute atomic E-state index is 0.0340. The quantitative estimate of drug-likeness (QED) is 0.484. The number of hydrazone groups is 1. The van der Waals surface area contributed by atoms with E-state index in [2.05, 4.69) is 15.6 Å². The van der Waals surface area contributed by atoms with Crippen LogP contribution in [0.2, 0.25) is 0 Å². The molecule has 1 N–H and O–H groups in total. The van der Waals surface area contributed by atoms with Gasteiger partial charge in [0.2, 0.25) is 5.95 Å². The number of aryl methyl sites for hydroxylation is 2. The zero-order valence-electron chi connectivity index (χ0n) is 13.8. The van der Waals surface area contributed by atoms with Gasteiger partial charge in [-0.2, -0.15) is 14.6 Å². The van der Waals surface area contributed by atoms with Crippen LogP contribution >= 0.6 is 0 Å². The lowest BCUT2D eigenvalue weighted by Gasteiger charge is -2.12. The molecule has 0 unspecified atom stereocenters. The van der Waals surface area contributed by atoms with E-state index >= 15 is 0 Å². The molecule has 0 aliphatic carbocycles. The number of amides is 1. The third kappa shape index (κ3) is 4.16. The summed E-state index contributed by atoms with van der Waals surface area (Å²) in [5.74, 6) is -1.26. The first-order valence-electron chi connectivity index (χ1n) is 7.23. The van der Waals surface area contributed by atoms with Crippen LogP contribution in [-0.4, -0.2) is 32.9 Å². The second-order valence-electron chi connectivity index (χ2n) is 5.13. The van der Waals surface area contributed by atoms with Crippen molar-refractivity contribution >= 4 is 17.8 Å². The number of rotatable bonds is 6. The van der Waals surface area contributed by atoms with Crippen molar-refractivity contribution in [2.45, 2.75) is 20.0 Å². The molecular formula is C15H16FN5O4. The van der Waals surface area contributed by atoms with Gasteiger partial charge in [0.15, 0.2) is 11.9 Å². The van der Waals surface area contributed by atoms with Gasteiger partial charge in [0.1, 0.15) is 0 Å². The van der Waals surface area contributed by atoms with E-state index < -0.39 is 22.9 Å². The summed E-state index contributed by atoms with van der Waals surface area (Å²) in [6.07, 6.45) is 0.0888. The Bertz CT molecular complexity index is 833. The van der Waals surface area contributed by atoms with Crippen LogP contribution in [0.25, 0.3) is 0 Å².